The summed E-state index contributed by atoms with van der Waals surface area (Å²) in [6.07, 6.45) is 0. The lowest BCUT2D eigenvalue weighted by molar-refractivity contribution is -0.122. The number of amides is 2. The number of H-pyrrole nitrogens is 1. The number of aromatic nitrogens is 2. The molecule has 0 aliphatic rings. The minimum atomic E-state index is -0.346. The van der Waals surface area contributed by atoms with Crippen LogP contribution in [0.15, 0.2) is 54.6 Å². The molecule has 0 fully saturated rings. The van der Waals surface area contributed by atoms with E-state index < -0.39 is 0 Å². The zero-order valence-corrected chi connectivity index (χ0v) is 15.9. The first-order valence-corrected chi connectivity index (χ1v) is 9.05. The Kier molecular flexibility index (Phi) is 6.29. The van der Waals surface area contributed by atoms with Gasteiger partial charge < -0.3 is 15.4 Å². The number of anilines is 1. The number of aromatic amines is 1. The fourth-order valence-electron chi connectivity index (χ4n) is 2.49. The summed E-state index contributed by atoms with van der Waals surface area (Å²) in [7, 11) is 0. The Morgan fingerprint density at radius 3 is 2.75 bits per heavy atom. The number of carbonyl (C=O) groups is 2. The van der Waals surface area contributed by atoms with E-state index in [2.05, 4.69) is 20.8 Å². The highest BCUT2D eigenvalue weighted by Crippen LogP contribution is 2.22. The molecule has 1 heterocycles. The first-order chi connectivity index (χ1) is 13.5. The molecule has 0 atom stereocenters. The molecule has 8 heteroatoms. The maximum Gasteiger partial charge on any atom is 0.273 e. The SMILES string of the molecule is CCNC(=O)COc1cccc(NC(=O)c2cc(-c3cccc(Cl)c3)n[nH]2)c1. The summed E-state index contributed by atoms with van der Waals surface area (Å²) in [5, 5.41) is 12.9. The average Bonchev–Trinajstić information content (AvgIpc) is 3.17. The van der Waals surface area contributed by atoms with Gasteiger partial charge in [-0.3, -0.25) is 14.7 Å². The molecule has 0 aliphatic heterocycles. The number of hydrogen-bond acceptors (Lipinski definition) is 4. The Hall–Kier alpha value is -3.32. The number of benzene rings is 2. The van der Waals surface area contributed by atoms with Gasteiger partial charge in [-0.25, -0.2) is 0 Å². The third-order valence-electron chi connectivity index (χ3n) is 3.78. The molecular formula is C20H19ClN4O3. The lowest BCUT2D eigenvalue weighted by Crippen LogP contribution is -2.28. The molecule has 0 aliphatic carbocycles. The minimum Gasteiger partial charge on any atom is -0.484 e. The van der Waals surface area contributed by atoms with Gasteiger partial charge in [0.25, 0.3) is 11.8 Å². The molecule has 0 radical (unpaired) electrons. The summed E-state index contributed by atoms with van der Waals surface area (Å²) < 4.78 is 5.43. The third-order valence-corrected chi connectivity index (χ3v) is 4.01. The van der Waals surface area contributed by atoms with E-state index in [4.69, 9.17) is 16.3 Å². The monoisotopic (exact) mass is 398 g/mol. The van der Waals surface area contributed by atoms with E-state index in [1.807, 2.05) is 19.1 Å². The average molecular weight is 399 g/mol. The van der Waals surface area contributed by atoms with E-state index in [1.165, 1.54) is 0 Å². The van der Waals surface area contributed by atoms with Crippen LogP contribution in [-0.2, 0) is 4.79 Å². The van der Waals surface area contributed by atoms with Gasteiger partial charge in [0.05, 0.1) is 5.69 Å². The van der Waals surface area contributed by atoms with E-state index in [1.54, 1.807) is 42.5 Å². The maximum absolute atomic E-state index is 12.5. The van der Waals surface area contributed by atoms with Crippen molar-refractivity contribution in [2.45, 2.75) is 6.92 Å². The summed E-state index contributed by atoms with van der Waals surface area (Å²) in [4.78, 5) is 24.0. The zero-order chi connectivity index (χ0) is 19.9. The van der Waals surface area contributed by atoms with E-state index in [9.17, 15) is 9.59 Å². The van der Waals surface area contributed by atoms with Crippen LogP contribution in [-0.4, -0.2) is 35.2 Å². The molecule has 144 valence electrons. The number of ether oxygens (including phenoxy) is 1. The molecule has 2 aromatic carbocycles. The van der Waals surface area contributed by atoms with Gasteiger partial charge in [0, 0.05) is 28.9 Å². The van der Waals surface area contributed by atoms with E-state index >= 15 is 0 Å². The Morgan fingerprint density at radius 1 is 1.14 bits per heavy atom. The number of rotatable bonds is 7. The smallest absolute Gasteiger partial charge is 0.273 e. The molecule has 2 amide bonds. The highest BCUT2D eigenvalue weighted by molar-refractivity contribution is 6.30. The van der Waals surface area contributed by atoms with Gasteiger partial charge >= 0.3 is 0 Å². The second-order valence-electron chi connectivity index (χ2n) is 5.90. The number of hydrogen-bond donors (Lipinski definition) is 3. The van der Waals surface area contributed by atoms with Crippen molar-refractivity contribution in [3.8, 4) is 17.0 Å². The summed E-state index contributed by atoms with van der Waals surface area (Å²) in [5.41, 5.74) is 2.27. The number of carbonyl (C=O) groups excluding carboxylic acids is 2. The summed E-state index contributed by atoms with van der Waals surface area (Å²) in [6.45, 7) is 2.29. The van der Waals surface area contributed by atoms with Crippen molar-refractivity contribution in [3.63, 3.8) is 0 Å². The summed E-state index contributed by atoms with van der Waals surface area (Å²) in [5.74, 6) is -0.0714. The van der Waals surface area contributed by atoms with E-state index in [-0.39, 0.29) is 18.4 Å². The molecule has 0 bridgehead atoms. The molecule has 0 spiro atoms. The zero-order valence-electron chi connectivity index (χ0n) is 15.2. The Balaban J connectivity index is 1.65. The minimum absolute atomic E-state index is 0.0885. The number of nitrogens with one attached hydrogen (secondary N) is 3. The Bertz CT molecular complexity index is 987. The maximum atomic E-state index is 12.5. The predicted molar refractivity (Wildman–Crippen MR) is 108 cm³/mol. The first kappa shape index (κ1) is 19.4. The van der Waals surface area contributed by atoms with Crippen molar-refractivity contribution in [3.05, 3.63) is 65.3 Å². The fraction of sp³-hybridized carbons (Fsp3) is 0.150. The van der Waals surface area contributed by atoms with Crippen molar-refractivity contribution < 1.29 is 14.3 Å². The fourth-order valence-corrected chi connectivity index (χ4v) is 2.68. The van der Waals surface area contributed by atoms with Crippen molar-refractivity contribution in [1.29, 1.82) is 0 Å². The number of nitrogens with zero attached hydrogens (tertiary/aromatic N) is 1. The largest absolute Gasteiger partial charge is 0.484 e. The lowest BCUT2D eigenvalue weighted by atomic mass is 10.1. The standard InChI is InChI=1S/C20H19ClN4O3/c1-2-22-19(26)12-28-16-8-4-7-15(10-16)23-20(27)18-11-17(24-25-18)13-5-3-6-14(21)9-13/h3-11H,2,12H2,1H3,(H,22,26)(H,23,27)(H,24,25). The molecule has 1 aromatic heterocycles. The third kappa shape index (κ3) is 5.11. The van der Waals surface area contributed by atoms with Crippen LogP contribution in [0.4, 0.5) is 5.69 Å². The van der Waals surface area contributed by atoms with E-state index in [0.29, 0.717) is 34.4 Å². The van der Waals surface area contributed by atoms with Crippen molar-refractivity contribution in [2.75, 3.05) is 18.5 Å². The molecular weight excluding hydrogens is 380 g/mol. The molecule has 3 N–H and O–H groups in total. The van der Waals surface area contributed by atoms with Gasteiger partial charge in [-0.15, -0.1) is 0 Å². The lowest BCUT2D eigenvalue weighted by Gasteiger charge is -2.08. The second kappa shape index (κ2) is 9.05. The summed E-state index contributed by atoms with van der Waals surface area (Å²) in [6, 6.07) is 15.7. The van der Waals surface area contributed by atoms with Crippen LogP contribution in [0.2, 0.25) is 5.02 Å². The molecule has 0 unspecified atom stereocenters. The van der Waals surface area contributed by atoms with Gasteiger partial charge in [0.1, 0.15) is 11.4 Å². The van der Waals surface area contributed by atoms with E-state index in [0.717, 1.165) is 5.56 Å². The summed E-state index contributed by atoms with van der Waals surface area (Å²) >= 11 is 5.99. The Morgan fingerprint density at radius 2 is 1.96 bits per heavy atom. The topological polar surface area (TPSA) is 96.1 Å². The molecule has 3 aromatic rings. The normalized spacial score (nSPS) is 10.4. The molecule has 28 heavy (non-hydrogen) atoms. The van der Waals surface area contributed by atoms with Crippen LogP contribution in [0, 0.1) is 0 Å². The van der Waals surface area contributed by atoms with Crippen LogP contribution in [0.3, 0.4) is 0 Å². The highest BCUT2D eigenvalue weighted by Gasteiger charge is 2.12. The predicted octanol–water partition coefficient (Wildman–Crippen LogP) is 3.50. The number of likely N-dealkylation sites (N-methyl/N-ethyl adjacent to an activating group) is 1. The molecule has 0 saturated heterocycles. The highest BCUT2D eigenvalue weighted by atomic mass is 35.5. The van der Waals surface area contributed by atoms with Crippen LogP contribution >= 0.6 is 11.6 Å². The van der Waals surface area contributed by atoms with Gasteiger partial charge in [-0.1, -0.05) is 29.8 Å². The van der Waals surface area contributed by atoms with Gasteiger partial charge in [-0.2, -0.15) is 5.10 Å². The molecule has 3 rings (SSSR count). The molecule has 0 saturated carbocycles. The first-order valence-electron chi connectivity index (χ1n) is 8.67. The van der Waals surface area contributed by atoms with Crippen molar-refractivity contribution >= 4 is 29.1 Å². The quantitative estimate of drug-likeness (QED) is 0.567. The van der Waals surface area contributed by atoms with Crippen LogP contribution in [0.1, 0.15) is 17.4 Å². The van der Waals surface area contributed by atoms with Gasteiger partial charge in [0.15, 0.2) is 6.61 Å². The van der Waals surface area contributed by atoms with Crippen molar-refractivity contribution in [2.24, 2.45) is 0 Å². The Labute approximate surface area is 167 Å². The second-order valence-corrected chi connectivity index (χ2v) is 6.34. The van der Waals surface area contributed by atoms with Crippen LogP contribution in [0.5, 0.6) is 5.75 Å². The van der Waals surface area contributed by atoms with Crippen molar-refractivity contribution in [1.82, 2.24) is 15.5 Å². The van der Waals surface area contributed by atoms with Gasteiger partial charge in [-0.05, 0) is 37.3 Å². The number of halogens is 1. The van der Waals surface area contributed by atoms with Gasteiger partial charge in [0.2, 0.25) is 0 Å². The molecule has 7 nitrogen and oxygen atoms in total. The van der Waals surface area contributed by atoms with Crippen LogP contribution < -0.4 is 15.4 Å². The van der Waals surface area contributed by atoms with Crippen LogP contribution in [0.25, 0.3) is 11.3 Å².